The third-order valence-corrected chi connectivity index (χ3v) is 5.15. The molecule has 2 aromatic rings. The van der Waals surface area contributed by atoms with Crippen molar-refractivity contribution in [2.75, 3.05) is 0 Å². The van der Waals surface area contributed by atoms with Crippen molar-refractivity contribution in [1.82, 2.24) is 10.4 Å². The molecule has 1 fully saturated rings. The Bertz CT molecular complexity index is 1080. The molecule has 0 aromatic heterocycles. The van der Waals surface area contributed by atoms with E-state index in [9.17, 15) is 29.8 Å². The standard InChI is InChI=1S/C17H10N4O6S2/c22-15(11-2-1-3-13(9-11)21(26)27)18-19-16(28)14(29-17(19)23)8-10-4-6-12(7-5-10)20(24)25/h1-9H,(H,18,22)/b14-8+. The van der Waals surface area contributed by atoms with E-state index in [0.29, 0.717) is 10.5 Å². The number of nitro benzene ring substituents is 2. The minimum absolute atomic E-state index is 0.00685. The van der Waals surface area contributed by atoms with E-state index >= 15 is 0 Å². The zero-order chi connectivity index (χ0) is 21.1. The van der Waals surface area contributed by atoms with Crippen molar-refractivity contribution >= 4 is 57.6 Å². The fourth-order valence-corrected chi connectivity index (χ4v) is 3.49. The number of nitrogens with zero attached hydrogens (tertiary/aromatic N) is 3. The fraction of sp³-hybridized carbons (Fsp3) is 0. The molecule has 1 saturated heterocycles. The molecule has 29 heavy (non-hydrogen) atoms. The summed E-state index contributed by atoms with van der Waals surface area (Å²) in [4.78, 5) is 45.4. The first-order valence-electron chi connectivity index (χ1n) is 7.84. The van der Waals surface area contributed by atoms with Crippen molar-refractivity contribution in [3.63, 3.8) is 0 Å². The molecule has 0 unspecified atom stereocenters. The molecule has 146 valence electrons. The lowest BCUT2D eigenvalue weighted by Crippen LogP contribution is -2.44. The van der Waals surface area contributed by atoms with E-state index in [1.807, 2.05) is 0 Å². The lowest BCUT2D eigenvalue weighted by Gasteiger charge is -2.15. The summed E-state index contributed by atoms with van der Waals surface area (Å²) in [7, 11) is 0. The zero-order valence-electron chi connectivity index (χ0n) is 14.3. The molecule has 0 radical (unpaired) electrons. The highest BCUT2D eigenvalue weighted by Gasteiger charge is 2.33. The van der Waals surface area contributed by atoms with E-state index < -0.39 is 21.0 Å². The molecule has 10 nitrogen and oxygen atoms in total. The Morgan fingerprint density at radius 3 is 2.34 bits per heavy atom. The van der Waals surface area contributed by atoms with Gasteiger partial charge in [-0.3, -0.25) is 35.2 Å². The number of carbonyl (C=O) groups excluding carboxylic acids is 2. The number of carbonyl (C=O) groups is 2. The number of rotatable bonds is 5. The predicted molar refractivity (Wildman–Crippen MR) is 109 cm³/mol. The SMILES string of the molecule is O=C(NN1C(=O)S/C(=C/c2ccc([N+](=O)[O-])cc2)C1=S)c1cccc([N+](=O)[O-])c1. The molecule has 0 bridgehead atoms. The number of hydrazine groups is 1. The van der Waals surface area contributed by atoms with Crippen molar-refractivity contribution in [3.05, 3.63) is 84.8 Å². The second kappa shape index (κ2) is 8.16. The molecule has 0 atom stereocenters. The van der Waals surface area contributed by atoms with Crippen molar-refractivity contribution in [2.45, 2.75) is 0 Å². The molecule has 0 aliphatic carbocycles. The summed E-state index contributed by atoms with van der Waals surface area (Å²) in [5, 5.41) is 21.9. The van der Waals surface area contributed by atoms with Crippen LogP contribution >= 0.6 is 24.0 Å². The molecule has 1 N–H and O–H groups in total. The van der Waals surface area contributed by atoms with Gasteiger partial charge in [0.05, 0.1) is 14.8 Å². The normalized spacial score (nSPS) is 14.9. The van der Waals surface area contributed by atoms with Gasteiger partial charge >= 0.3 is 5.24 Å². The number of amides is 2. The fourth-order valence-electron chi connectivity index (χ4n) is 2.33. The van der Waals surface area contributed by atoms with Crippen LogP contribution in [0, 0.1) is 20.2 Å². The van der Waals surface area contributed by atoms with Gasteiger partial charge in [-0.25, -0.2) is 0 Å². The number of thiocarbonyl (C=S) groups is 1. The third-order valence-electron chi connectivity index (χ3n) is 3.73. The largest absolute Gasteiger partial charge is 0.310 e. The Morgan fingerprint density at radius 1 is 1.07 bits per heavy atom. The Balaban J connectivity index is 1.76. The van der Waals surface area contributed by atoms with Crippen LogP contribution in [0.5, 0.6) is 0 Å². The summed E-state index contributed by atoms with van der Waals surface area (Å²) in [6, 6.07) is 10.7. The van der Waals surface area contributed by atoms with Gasteiger partial charge in [-0.1, -0.05) is 18.3 Å². The average molecular weight is 430 g/mol. The number of hydrogen-bond acceptors (Lipinski definition) is 8. The van der Waals surface area contributed by atoms with E-state index in [1.165, 1.54) is 42.5 Å². The summed E-state index contributed by atoms with van der Waals surface area (Å²) in [5.74, 6) is -0.735. The summed E-state index contributed by atoms with van der Waals surface area (Å²) >= 11 is 6.01. The van der Waals surface area contributed by atoms with E-state index in [-0.39, 0.29) is 21.9 Å². The van der Waals surface area contributed by atoms with Gasteiger partial charge in [0.25, 0.3) is 17.3 Å². The van der Waals surface area contributed by atoms with Gasteiger partial charge in [-0.2, -0.15) is 5.01 Å². The molecule has 0 saturated carbocycles. The second-order valence-electron chi connectivity index (χ2n) is 5.61. The van der Waals surface area contributed by atoms with Gasteiger partial charge in [0, 0.05) is 29.8 Å². The van der Waals surface area contributed by atoms with E-state index in [2.05, 4.69) is 5.43 Å². The van der Waals surface area contributed by atoms with Crippen LogP contribution in [0.2, 0.25) is 0 Å². The van der Waals surface area contributed by atoms with Gasteiger partial charge in [0.15, 0.2) is 0 Å². The smallest absolute Gasteiger partial charge is 0.267 e. The maximum atomic E-state index is 12.4. The van der Waals surface area contributed by atoms with Crippen LogP contribution in [-0.4, -0.2) is 31.0 Å². The van der Waals surface area contributed by atoms with E-state index in [0.717, 1.165) is 22.8 Å². The minimum atomic E-state index is -0.735. The van der Waals surface area contributed by atoms with E-state index in [4.69, 9.17) is 12.2 Å². The van der Waals surface area contributed by atoms with Gasteiger partial charge in [0.1, 0.15) is 4.99 Å². The summed E-state index contributed by atoms with van der Waals surface area (Å²) in [6.07, 6.45) is 1.56. The highest BCUT2D eigenvalue weighted by molar-refractivity contribution is 8.19. The maximum absolute atomic E-state index is 12.4. The molecule has 1 aliphatic heterocycles. The molecule has 2 aromatic carbocycles. The molecule has 3 rings (SSSR count). The molecular weight excluding hydrogens is 420 g/mol. The number of thioether (sulfide) groups is 1. The van der Waals surface area contributed by atoms with Gasteiger partial charge < -0.3 is 0 Å². The third kappa shape index (κ3) is 4.44. The van der Waals surface area contributed by atoms with Crippen LogP contribution in [0.4, 0.5) is 16.2 Å². The number of benzene rings is 2. The topological polar surface area (TPSA) is 136 Å². The highest BCUT2D eigenvalue weighted by Crippen LogP contribution is 2.32. The summed E-state index contributed by atoms with van der Waals surface area (Å²) < 4.78 is 0. The Labute approximate surface area is 172 Å². The lowest BCUT2D eigenvalue weighted by molar-refractivity contribution is -0.385. The minimum Gasteiger partial charge on any atom is -0.267 e. The van der Waals surface area contributed by atoms with Gasteiger partial charge in [-0.05, 0) is 41.6 Å². The van der Waals surface area contributed by atoms with Gasteiger partial charge in [-0.15, -0.1) is 0 Å². The Hall–Kier alpha value is -3.64. The first-order chi connectivity index (χ1) is 13.8. The van der Waals surface area contributed by atoms with Crippen LogP contribution in [-0.2, 0) is 0 Å². The number of hydrogen-bond donors (Lipinski definition) is 1. The number of non-ortho nitro benzene ring substituents is 2. The van der Waals surface area contributed by atoms with Crippen LogP contribution in [0.1, 0.15) is 15.9 Å². The van der Waals surface area contributed by atoms with Crippen molar-refractivity contribution in [2.24, 2.45) is 0 Å². The van der Waals surface area contributed by atoms with Crippen LogP contribution in [0.15, 0.2) is 53.4 Å². The summed E-state index contributed by atoms with van der Waals surface area (Å²) in [6.45, 7) is 0. The average Bonchev–Trinajstić information content (AvgIpc) is 2.95. The maximum Gasteiger partial charge on any atom is 0.310 e. The van der Waals surface area contributed by atoms with Crippen molar-refractivity contribution in [3.8, 4) is 0 Å². The molecule has 0 spiro atoms. The monoisotopic (exact) mass is 430 g/mol. The van der Waals surface area contributed by atoms with Crippen molar-refractivity contribution < 1.29 is 19.4 Å². The van der Waals surface area contributed by atoms with Crippen LogP contribution in [0.3, 0.4) is 0 Å². The highest BCUT2D eigenvalue weighted by atomic mass is 32.2. The van der Waals surface area contributed by atoms with Gasteiger partial charge in [0.2, 0.25) is 0 Å². The number of nitro groups is 2. The quantitative estimate of drug-likeness (QED) is 0.328. The lowest BCUT2D eigenvalue weighted by atomic mass is 10.2. The van der Waals surface area contributed by atoms with Crippen molar-refractivity contribution in [1.29, 1.82) is 0 Å². The molecular formula is C17H10N4O6S2. The Kier molecular flexibility index (Phi) is 5.66. The molecule has 12 heteroatoms. The first kappa shape index (κ1) is 20.1. The molecule has 1 aliphatic rings. The van der Waals surface area contributed by atoms with Crippen LogP contribution in [0.25, 0.3) is 6.08 Å². The first-order valence-corrected chi connectivity index (χ1v) is 9.06. The zero-order valence-corrected chi connectivity index (χ0v) is 15.9. The Morgan fingerprint density at radius 2 is 1.72 bits per heavy atom. The van der Waals surface area contributed by atoms with E-state index in [1.54, 1.807) is 6.08 Å². The second-order valence-corrected chi connectivity index (χ2v) is 6.99. The number of nitrogens with one attached hydrogen (secondary N) is 1. The molecule has 2 amide bonds. The summed E-state index contributed by atoms with van der Waals surface area (Å²) in [5.41, 5.74) is 2.57. The molecule has 1 heterocycles. The predicted octanol–water partition coefficient (Wildman–Crippen LogP) is 3.69. The van der Waals surface area contributed by atoms with Crippen LogP contribution < -0.4 is 5.43 Å².